The molecule has 0 spiro atoms. The van der Waals surface area contributed by atoms with Crippen molar-refractivity contribution >= 4 is 34.9 Å². The zero-order valence-electron chi connectivity index (χ0n) is 16.1. The molecule has 2 N–H and O–H groups in total. The third-order valence-corrected chi connectivity index (χ3v) is 4.67. The number of nitrogens with one attached hydrogen (secondary N) is 2. The van der Waals surface area contributed by atoms with Gasteiger partial charge in [0.1, 0.15) is 0 Å². The molecular weight excluding hydrogens is 386 g/mol. The standard InChI is InChI=1S/C23H22ClN3O2/c1-27(23(29)26-19-11-7-10-18(24)16-19)21-13-6-5-12-20(21)22(28)25-15-14-17-8-3-2-4-9-17/h2-13,16H,14-15H2,1H3,(H,25,28)(H,26,29). The number of benzene rings is 3. The summed E-state index contributed by atoms with van der Waals surface area (Å²) in [6.07, 6.45) is 0.736. The van der Waals surface area contributed by atoms with Gasteiger partial charge in [0.05, 0.1) is 11.3 Å². The van der Waals surface area contributed by atoms with Crippen LogP contribution in [0.15, 0.2) is 78.9 Å². The quantitative estimate of drug-likeness (QED) is 0.605. The summed E-state index contributed by atoms with van der Waals surface area (Å²) in [5.41, 5.74) is 2.69. The molecule has 3 aromatic carbocycles. The third-order valence-electron chi connectivity index (χ3n) is 4.43. The average Bonchev–Trinajstić information content (AvgIpc) is 2.74. The lowest BCUT2D eigenvalue weighted by Crippen LogP contribution is -2.34. The predicted octanol–water partition coefficient (Wildman–Crippen LogP) is 4.98. The van der Waals surface area contributed by atoms with Gasteiger partial charge in [-0.25, -0.2) is 4.79 Å². The molecule has 0 unspecified atom stereocenters. The second kappa shape index (κ2) is 9.75. The Balaban J connectivity index is 1.66. The molecule has 0 radical (unpaired) electrons. The minimum Gasteiger partial charge on any atom is -0.352 e. The lowest BCUT2D eigenvalue weighted by molar-refractivity contribution is 0.0955. The highest BCUT2D eigenvalue weighted by molar-refractivity contribution is 6.30. The van der Waals surface area contributed by atoms with Crippen LogP contribution < -0.4 is 15.5 Å². The topological polar surface area (TPSA) is 61.4 Å². The molecule has 29 heavy (non-hydrogen) atoms. The van der Waals surface area contributed by atoms with Crippen LogP contribution in [0, 0.1) is 0 Å². The van der Waals surface area contributed by atoms with Crippen LogP contribution in [0.3, 0.4) is 0 Å². The zero-order valence-corrected chi connectivity index (χ0v) is 16.8. The molecule has 3 rings (SSSR count). The summed E-state index contributed by atoms with van der Waals surface area (Å²) in [7, 11) is 1.62. The van der Waals surface area contributed by atoms with Gasteiger partial charge in [-0.1, -0.05) is 60.1 Å². The maximum atomic E-state index is 12.7. The fraction of sp³-hybridized carbons (Fsp3) is 0.130. The molecule has 0 heterocycles. The number of nitrogens with zero attached hydrogens (tertiary/aromatic N) is 1. The maximum Gasteiger partial charge on any atom is 0.326 e. The van der Waals surface area contributed by atoms with Crippen molar-refractivity contribution in [3.63, 3.8) is 0 Å². The van der Waals surface area contributed by atoms with E-state index in [9.17, 15) is 9.59 Å². The zero-order chi connectivity index (χ0) is 20.6. The van der Waals surface area contributed by atoms with E-state index in [4.69, 9.17) is 11.6 Å². The van der Waals surface area contributed by atoms with E-state index in [0.717, 1.165) is 12.0 Å². The number of hydrogen-bond donors (Lipinski definition) is 2. The highest BCUT2D eigenvalue weighted by Gasteiger charge is 2.18. The first-order chi connectivity index (χ1) is 14.0. The molecule has 5 nitrogen and oxygen atoms in total. The molecule has 0 aromatic heterocycles. The fourth-order valence-corrected chi connectivity index (χ4v) is 3.09. The van der Waals surface area contributed by atoms with Crippen LogP contribution in [0.25, 0.3) is 0 Å². The van der Waals surface area contributed by atoms with Gasteiger partial charge in [0.25, 0.3) is 5.91 Å². The Hall–Kier alpha value is -3.31. The Labute approximate surface area is 175 Å². The van der Waals surface area contributed by atoms with Crippen LogP contribution >= 0.6 is 11.6 Å². The van der Waals surface area contributed by atoms with Crippen molar-refractivity contribution < 1.29 is 9.59 Å². The van der Waals surface area contributed by atoms with Crippen molar-refractivity contribution in [3.8, 4) is 0 Å². The minimum absolute atomic E-state index is 0.223. The summed E-state index contributed by atoms with van der Waals surface area (Å²) in [6, 6.07) is 23.5. The Morgan fingerprint density at radius 2 is 1.66 bits per heavy atom. The number of rotatable bonds is 6. The van der Waals surface area contributed by atoms with Gasteiger partial charge >= 0.3 is 6.03 Å². The van der Waals surface area contributed by atoms with Crippen molar-refractivity contribution in [2.45, 2.75) is 6.42 Å². The number of urea groups is 1. The molecule has 0 atom stereocenters. The molecule has 6 heteroatoms. The molecule has 0 bridgehead atoms. The molecule has 3 amide bonds. The predicted molar refractivity (Wildman–Crippen MR) is 118 cm³/mol. The molecule has 0 fully saturated rings. The Morgan fingerprint density at radius 1 is 0.931 bits per heavy atom. The smallest absolute Gasteiger partial charge is 0.326 e. The number of carbonyl (C=O) groups excluding carboxylic acids is 2. The van der Waals surface area contributed by atoms with E-state index in [1.165, 1.54) is 4.90 Å². The van der Waals surface area contributed by atoms with Crippen molar-refractivity contribution in [2.75, 3.05) is 23.8 Å². The van der Waals surface area contributed by atoms with Crippen LogP contribution in [0.4, 0.5) is 16.2 Å². The van der Waals surface area contributed by atoms with Gasteiger partial charge in [-0.15, -0.1) is 0 Å². The summed E-state index contributed by atoms with van der Waals surface area (Å²) in [6.45, 7) is 0.510. The highest BCUT2D eigenvalue weighted by Crippen LogP contribution is 2.21. The van der Waals surface area contributed by atoms with Crippen LogP contribution in [0.5, 0.6) is 0 Å². The summed E-state index contributed by atoms with van der Waals surface area (Å²) in [5, 5.41) is 6.24. The lowest BCUT2D eigenvalue weighted by Gasteiger charge is -2.21. The maximum absolute atomic E-state index is 12.7. The van der Waals surface area contributed by atoms with E-state index in [0.29, 0.717) is 28.5 Å². The van der Waals surface area contributed by atoms with Crippen LogP contribution in [-0.4, -0.2) is 25.5 Å². The number of carbonyl (C=O) groups is 2. The molecule has 3 aromatic rings. The molecule has 0 saturated carbocycles. The van der Waals surface area contributed by atoms with Crippen molar-refractivity contribution in [3.05, 3.63) is 95.0 Å². The second-order valence-corrected chi connectivity index (χ2v) is 6.94. The van der Waals surface area contributed by atoms with Crippen molar-refractivity contribution in [1.82, 2.24) is 5.32 Å². The SMILES string of the molecule is CN(C(=O)Nc1cccc(Cl)c1)c1ccccc1C(=O)NCCc1ccccc1. The van der Waals surface area contributed by atoms with Gasteiger partial charge in [0.15, 0.2) is 0 Å². The van der Waals surface area contributed by atoms with Gasteiger partial charge in [0.2, 0.25) is 0 Å². The number of amides is 3. The molecule has 0 saturated heterocycles. The van der Waals surface area contributed by atoms with Gasteiger partial charge in [0, 0.05) is 24.3 Å². The summed E-state index contributed by atoms with van der Waals surface area (Å²) in [4.78, 5) is 26.7. The Bertz CT molecular complexity index is 992. The normalized spacial score (nSPS) is 10.3. The summed E-state index contributed by atoms with van der Waals surface area (Å²) < 4.78 is 0. The second-order valence-electron chi connectivity index (χ2n) is 6.51. The first-order valence-electron chi connectivity index (χ1n) is 9.26. The first-order valence-corrected chi connectivity index (χ1v) is 9.64. The van der Waals surface area contributed by atoms with Gasteiger partial charge in [-0.05, 0) is 42.3 Å². The van der Waals surface area contributed by atoms with E-state index in [1.54, 1.807) is 55.6 Å². The minimum atomic E-state index is -0.364. The van der Waals surface area contributed by atoms with E-state index in [1.807, 2.05) is 30.3 Å². The third kappa shape index (κ3) is 5.59. The van der Waals surface area contributed by atoms with Gasteiger partial charge in [-0.2, -0.15) is 0 Å². The van der Waals surface area contributed by atoms with Crippen LogP contribution in [0.2, 0.25) is 5.02 Å². The number of halogens is 1. The van der Waals surface area contributed by atoms with Gasteiger partial charge in [-0.3, -0.25) is 9.69 Å². The molecule has 0 aliphatic rings. The molecule has 0 aliphatic carbocycles. The highest BCUT2D eigenvalue weighted by atomic mass is 35.5. The fourth-order valence-electron chi connectivity index (χ4n) is 2.90. The summed E-state index contributed by atoms with van der Waals surface area (Å²) >= 11 is 5.97. The van der Waals surface area contributed by atoms with E-state index in [2.05, 4.69) is 10.6 Å². The number of hydrogen-bond acceptors (Lipinski definition) is 2. The number of anilines is 2. The molecule has 0 aliphatic heterocycles. The van der Waals surface area contributed by atoms with Gasteiger partial charge < -0.3 is 10.6 Å². The Kier molecular flexibility index (Phi) is 6.87. The van der Waals surface area contributed by atoms with E-state index in [-0.39, 0.29) is 11.9 Å². The average molecular weight is 408 g/mol. The lowest BCUT2D eigenvalue weighted by atomic mass is 10.1. The van der Waals surface area contributed by atoms with Crippen molar-refractivity contribution in [1.29, 1.82) is 0 Å². The summed E-state index contributed by atoms with van der Waals surface area (Å²) in [5.74, 6) is -0.223. The molecule has 148 valence electrons. The van der Waals surface area contributed by atoms with Crippen molar-refractivity contribution in [2.24, 2.45) is 0 Å². The monoisotopic (exact) mass is 407 g/mol. The Morgan fingerprint density at radius 3 is 2.41 bits per heavy atom. The van der Waals surface area contributed by atoms with E-state index >= 15 is 0 Å². The van der Waals surface area contributed by atoms with E-state index < -0.39 is 0 Å². The van der Waals surface area contributed by atoms with Crippen LogP contribution in [0.1, 0.15) is 15.9 Å². The van der Waals surface area contributed by atoms with Crippen LogP contribution in [-0.2, 0) is 6.42 Å². The number of para-hydroxylation sites is 1. The largest absolute Gasteiger partial charge is 0.352 e. The molecular formula is C23H22ClN3O2. The first kappa shape index (κ1) is 20.4.